The Bertz CT molecular complexity index is 236. The molecule has 0 saturated carbocycles. The molecule has 1 heterocycles. The molecule has 0 amide bonds. The van der Waals surface area contributed by atoms with Crippen LogP contribution < -0.4 is 5.32 Å². The zero-order chi connectivity index (χ0) is 12.8. The molecule has 1 rings (SSSR count). The third kappa shape index (κ3) is 5.98. The van der Waals surface area contributed by atoms with Gasteiger partial charge in [0, 0.05) is 35.4 Å². The molecule has 1 fully saturated rings. The molecule has 1 aliphatic heterocycles. The smallest absolute Gasteiger partial charge is 0.0329 e. The second-order valence-electron chi connectivity index (χ2n) is 5.73. The van der Waals surface area contributed by atoms with Gasteiger partial charge in [0.15, 0.2) is 0 Å². The summed E-state index contributed by atoms with van der Waals surface area (Å²) in [5.74, 6) is 1.43. The highest BCUT2D eigenvalue weighted by molar-refractivity contribution is 7.84. The molecule has 0 bridgehead atoms. The first kappa shape index (κ1) is 15.1. The van der Waals surface area contributed by atoms with E-state index in [4.69, 9.17) is 0 Å². The van der Waals surface area contributed by atoms with Gasteiger partial charge in [0.25, 0.3) is 0 Å². The molecule has 4 heteroatoms. The van der Waals surface area contributed by atoms with Gasteiger partial charge in [0.2, 0.25) is 0 Å². The standard InChI is InChI=1S/C13H28N2OS/c1-11-7-14-8-12(2)10-15(9-11)6-5-13(3)17(4)16/h11-14H,5-10H2,1-4H3. The molecular formula is C13H28N2OS. The summed E-state index contributed by atoms with van der Waals surface area (Å²) in [6.45, 7) is 12.4. The van der Waals surface area contributed by atoms with E-state index in [9.17, 15) is 4.21 Å². The summed E-state index contributed by atoms with van der Waals surface area (Å²) in [7, 11) is -0.679. The summed E-state index contributed by atoms with van der Waals surface area (Å²) in [5.41, 5.74) is 0. The third-order valence-electron chi connectivity index (χ3n) is 3.54. The van der Waals surface area contributed by atoms with Gasteiger partial charge < -0.3 is 10.2 Å². The van der Waals surface area contributed by atoms with Gasteiger partial charge in [-0.3, -0.25) is 4.21 Å². The molecule has 1 N–H and O–H groups in total. The molecule has 0 radical (unpaired) electrons. The number of nitrogens with one attached hydrogen (secondary N) is 1. The van der Waals surface area contributed by atoms with E-state index in [1.165, 1.54) is 13.1 Å². The summed E-state index contributed by atoms with van der Waals surface area (Å²) in [6, 6.07) is 0. The molecule has 0 aromatic carbocycles. The van der Waals surface area contributed by atoms with Crippen LogP contribution in [-0.4, -0.2) is 53.3 Å². The topological polar surface area (TPSA) is 32.3 Å². The van der Waals surface area contributed by atoms with Crippen molar-refractivity contribution in [2.24, 2.45) is 11.8 Å². The monoisotopic (exact) mass is 260 g/mol. The SMILES string of the molecule is CC1CNCC(C)CN(CCC(C)S(C)=O)C1. The Hall–Kier alpha value is 0.0700. The molecule has 1 aliphatic rings. The molecule has 0 aliphatic carbocycles. The second kappa shape index (κ2) is 7.49. The van der Waals surface area contributed by atoms with Gasteiger partial charge in [0.05, 0.1) is 0 Å². The minimum atomic E-state index is -0.679. The van der Waals surface area contributed by atoms with Gasteiger partial charge in [-0.05, 0) is 37.9 Å². The Kier molecular flexibility index (Phi) is 6.67. The van der Waals surface area contributed by atoms with Crippen molar-refractivity contribution in [2.75, 3.05) is 39.0 Å². The van der Waals surface area contributed by atoms with Gasteiger partial charge in [-0.15, -0.1) is 0 Å². The maximum Gasteiger partial charge on any atom is 0.0329 e. The molecule has 0 aromatic heterocycles. The number of hydrogen-bond donors (Lipinski definition) is 1. The predicted molar refractivity (Wildman–Crippen MR) is 75.8 cm³/mol. The van der Waals surface area contributed by atoms with E-state index in [0.29, 0.717) is 17.1 Å². The Balaban J connectivity index is 2.39. The molecular weight excluding hydrogens is 232 g/mol. The van der Waals surface area contributed by atoms with E-state index in [0.717, 1.165) is 26.1 Å². The largest absolute Gasteiger partial charge is 0.316 e. The van der Waals surface area contributed by atoms with Gasteiger partial charge in [-0.25, -0.2) is 0 Å². The van der Waals surface area contributed by atoms with Crippen LogP contribution in [-0.2, 0) is 10.8 Å². The average molecular weight is 260 g/mol. The minimum absolute atomic E-state index is 0.323. The zero-order valence-corrected chi connectivity index (χ0v) is 12.6. The lowest BCUT2D eigenvalue weighted by Crippen LogP contribution is -2.43. The minimum Gasteiger partial charge on any atom is -0.316 e. The summed E-state index contributed by atoms with van der Waals surface area (Å²) in [6.07, 6.45) is 2.86. The lowest BCUT2D eigenvalue weighted by Gasteiger charge is -2.32. The summed E-state index contributed by atoms with van der Waals surface area (Å²) in [5, 5.41) is 3.84. The summed E-state index contributed by atoms with van der Waals surface area (Å²) >= 11 is 0. The van der Waals surface area contributed by atoms with Crippen LogP contribution in [0.2, 0.25) is 0 Å². The molecule has 4 atom stereocenters. The maximum absolute atomic E-state index is 11.4. The maximum atomic E-state index is 11.4. The highest BCUT2D eigenvalue weighted by Gasteiger charge is 2.18. The van der Waals surface area contributed by atoms with Crippen molar-refractivity contribution in [3.05, 3.63) is 0 Å². The molecule has 0 spiro atoms. The van der Waals surface area contributed by atoms with Crippen LogP contribution in [0.1, 0.15) is 27.2 Å². The van der Waals surface area contributed by atoms with Crippen molar-refractivity contribution in [3.8, 4) is 0 Å². The van der Waals surface area contributed by atoms with Crippen LogP contribution in [0, 0.1) is 11.8 Å². The van der Waals surface area contributed by atoms with E-state index in [2.05, 4.69) is 31.0 Å². The normalized spacial score (nSPS) is 31.5. The van der Waals surface area contributed by atoms with Crippen LogP contribution in [0.4, 0.5) is 0 Å². The fourth-order valence-corrected chi connectivity index (χ4v) is 2.81. The number of hydrogen-bond acceptors (Lipinski definition) is 3. The van der Waals surface area contributed by atoms with E-state index in [-0.39, 0.29) is 0 Å². The first-order chi connectivity index (χ1) is 7.99. The highest BCUT2D eigenvalue weighted by Crippen LogP contribution is 2.10. The Morgan fingerprint density at radius 1 is 1.29 bits per heavy atom. The molecule has 1 saturated heterocycles. The fraction of sp³-hybridized carbons (Fsp3) is 1.00. The van der Waals surface area contributed by atoms with Crippen molar-refractivity contribution in [2.45, 2.75) is 32.4 Å². The highest BCUT2D eigenvalue weighted by atomic mass is 32.2. The molecule has 17 heavy (non-hydrogen) atoms. The first-order valence-electron chi connectivity index (χ1n) is 6.74. The van der Waals surface area contributed by atoms with Gasteiger partial charge in [-0.1, -0.05) is 20.8 Å². The fourth-order valence-electron chi connectivity index (χ4n) is 2.37. The van der Waals surface area contributed by atoms with E-state index in [1.54, 1.807) is 0 Å². The molecule has 0 aromatic rings. The van der Waals surface area contributed by atoms with E-state index in [1.807, 2.05) is 6.26 Å². The van der Waals surface area contributed by atoms with E-state index >= 15 is 0 Å². The first-order valence-corrected chi connectivity index (χ1v) is 8.36. The number of rotatable bonds is 4. The van der Waals surface area contributed by atoms with Gasteiger partial charge >= 0.3 is 0 Å². The van der Waals surface area contributed by atoms with Gasteiger partial charge in [0.1, 0.15) is 0 Å². The quantitative estimate of drug-likeness (QED) is 0.827. The van der Waals surface area contributed by atoms with Crippen LogP contribution >= 0.6 is 0 Å². The number of nitrogens with zero attached hydrogens (tertiary/aromatic N) is 1. The lowest BCUT2D eigenvalue weighted by atomic mass is 10.1. The van der Waals surface area contributed by atoms with Crippen molar-refractivity contribution in [1.29, 1.82) is 0 Å². The molecule has 102 valence electrons. The second-order valence-corrected chi connectivity index (χ2v) is 7.53. The van der Waals surface area contributed by atoms with Gasteiger partial charge in [-0.2, -0.15) is 0 Å². The molecule has 4 unspecified atom stereocenters. The Labute approximate surface area is 109 Å². The summed E-state index contributed by atoms with van der Waals surface area (Å²) < 4.78 is 11.4. The third-order valence-corrected chi connectivity index (χ3v) is 4.91. The zero-order valence-electron chi connectivity index (χ0n) is 11.7. The van der Waals surface area contributed by atoms with Crippen molar-refractivity contribution in [1.82, 2.24) is 10.2 Å². The Morgan fingerprint density at radius 2 is 1.82 bits per heavy atom. The van der Waals surface area contributed by atoms with Crippen molar-refractivity contribution >= 4 is 10.8 Å². The van der Waals surface area contributed by atoms with Crippen LogP contribution in [0.3, 0.4) is 0 Å². The molecule has 3 nitrogen and oxygen atoms in total. The van der Waals surface area contributed by atoms with Crippen LogP contribution in [0.25, 0.3) is 0 Å². The van der Waals surface area contributed by atoms with Crippen molar-refractivity contribution in [3.63, 3.8) is 0 Å². The summed E-state index contributed by atoms with van der Waals surface area (Å²) in [4.78, 5) is 2.56. The predicted octanol–water partition coefficient (Wildman–Crippen LogP) is 1.32. The lowest BCUT2D eigenvalue weighted by molar-refractivity contribution is 0.184. The van der Waals surface area contributed by atoms with Crippen LogP contribution in [0.5, 0.6) is 0 Å². The van der Waals surface area contributed by atoms with Crippen LogP contribution in [0.15, 0.2) is 0 Å². The Morgan fingerprint density at radius 3 is 2.29 bits per heavy atom. The average Bonchev–Trinajstić information content (AvgIpc) is 2.22. The van der Waals surface area contributed by atoms with Crippen molar-refractivity contribution < 1.29 is 4.21 Å². The van der Waals surface area contributed by atoms with E-state index < -0.39 is 10.8 Å².